The van der Waals surface area contributed by atoms with Crippen LogP contribution in [0.2, 0.25) is 0 Å². The summed E-state index contributed by atoms with van der Waals surface area (Å²) in [7, 11) is 0. The minimum absolute atomic E-state index is 0.218. The predicted octanol–water partition coefficient (Wildman–Crippen LogP) is 7.23. The standard InChI is InChI=1S/C31H35N3O3/c1-21-5-7-22(8-6-21)20-36-26-12-9-24(10-13-26)29-32-27-14-11-25(19-28(27)33-29)23-15-17-34(18-16-23)30(35)37-31(2,3)4/h5-14,19,23H,15-18,20H2,1-4H3,(H,32,33). The van der Waals surface area contributed by atoms with Crippen molar-refractivity contribution in [2.24, 2.45) is 0 Å². The Balaban J connectivity index is 1.22. The number of H-pyrrole nitrogens is 1. The van der Waals surface area contributed by atoms with Crippen LogP contribution in [0.3, 0.4) is 0 Å². The quantitative estimate of drug-likeness (QED) is 0.316. The summed E-state index contributed by atoms with van der Waals surface area (Å²) in [5, 5.41) is 0. The van der Waals surface area contributed by atoms with Crippen molar-refractivity contribution < 1.29 is 14.3 Å². The van der Waals surface area contributed by atoms with Gasteiger partial charge in [0.05, 0.1) is 11.0 Å². The topological polar surface area (TPSA) is 67.4 Å². The fraction of sp³-hybridized carbons (Fsp3) is 0.355. The van der Waals surface area contributed by atoms with Crippen molar-refractivity contribution in [3.8, 4) is 17.1 Å². The molecule has 0 unspecified atom stereocenters. The van der Waals surface area contributed by atoms with Gasteiger partial charge in [-0.1, -0.05) is 35.9 Å². The lowest BCUT2D eigenvalue weighted by Gasteiger charge is -2.33. The van der Waals surface area contributed by atoms with Crippen LogP contribution in [0.5, 0.6) is 5.75 Å². The molecule has 2 heterocycles. The highest BCUT2D eigenvalue weighted by Gasteiger charge is 2.27. The molecule has 5 rings (SSSR count). The van der Waals surface area contributed by atoms with Gasteiger partial charge in [-0.05, 0) is 94.0 Å². The van der Waals surface area contributed by atoms with Crippen molar-refractivity contribution in [1.29, 1.82) is 0 Å². The van der Waals surface area contributed by atoms with Gasteiger partial charge in [0.2, 0.25) is 0 Å². The normalized spacial score (nSPS) is 14.6. The second kappa shape index (κ2) is 10.3. The van der Waals surface area contributed by atoms with Gasteiger partial charge in [0.25, 0.3) is 0 Å². The van der Waals surface area contributed by atoms with Crippen molar-refractivity contribution in [1.82, 2.24) is 14.9 Å². The van der Waals surface area contributed by atoms with Crippen LogP contribution in [0.4, 0.5) is 4.79 Å². The Hall–Kier alpha value is -3.80. The maximum Gasteiger partial charge on any atom is 0.410 e. The van der Waals surface area contributed by atoms with E-state index in [1.807, 2.05) is 49.9 Å². The molecule has 1 N–H and O–H groups in total. The first kappa shape index (κ1) is 24.9. The molecule has 6 heteroatoms. The molecule has 4 aromatic rings. The smallest absolute Gasteiger partial charge is 0.410 e. The minimum Gasteiger partial charge on any atom is -0.489 e. The number of piperidine rings is 1. The first-order chi connectivity index (χ1) is 17.7. The van der Waals surface area contributed by atoms with Crippen LogP contribution >= 0.6 is 0 Å². The monoisotopic (exact) mass is 497 g/mol. The van der Waals surface area contributed by atoms with Crippen molar-refractivity contribution in [2.75, 3.05) is 13.1 Å². The number of amides is 1. The predicted molar refractivity (Wildman–Crippen MR) is 147 cm³/mol. The Labute approximate surface area is 218 Å². The van der Waals surface area contributed by atoms with Crippen LogP contribution in [0.15, 0.2) is 66.7 Å². The summed E-state index contributed by atoms with van der Waals surface area (Å²) in [6, 6.07) is 22.9. The molecule has 1 saturated heterocycles. The molecule has 3 aromatic carbocycles. The SMILES string of the molecule is Cc1ccc(COc2ccc(-c3nc4cc(C5CCN(C(=O)OC(C)(C)C)CC5)ccc4[nH]3)cc2)cc1. The maximum atomic E-state index is 12.4. The van der Waals surface area contributed by atoms with Crippen LogP contribution in [-0.4, -0.2) is 39.7 Å². The zero-order chi connectivity index (χ0) is 26.0. The van der Waals surface area contributed by atoms with E-state index in [1.54, 1.807) is 0 Å². The summed E-state index contributed by atoms with van der Waals surface area (Å²) >= 11 is 0. The van der Waals surface area contributed by atoms with E-state index in [9.17, 15) is 4.79 Å². The van der Waals surface area contributed by atoms with E-state index in [-0.39, 0.29) is 6.09 Å². The maximum absolute atomic E-state index is 12.4. The summed E-state index contributed by atoms with van der Waals surface area (Å²) in [4.78, 5) is 22.5. The molecular weight excluding hydrogens is 462 g/mol. The number of hydrogen-bond acceptors (Lipinski definition) is 4. The highest BCUT2D eigenvalue weighted by molar-refractivity contribution is 5.80. The number of hydrogen-bond donors (Lipinski definition) is 1. The molecule has 1 fully saturated rings. The van der Waals surface area contributed by atoms with Crippen LogP contribution in [-0.2, 0) is 11.3 Å². The van der Waals surface area contributed by atoms with Gasteiger partial charge in [-0.3, -0.25) is 0 Å². The lowest BCUT2D eigenvalue weighted by Crippen LogP contribution is -2.41. The third kappa shape index (κ3) is 6.13. The zero-order valence-corrected chi connectivity index (χ0v) is 22.1. The summed E-state index contributed by atoms with van der Waals surface area (Å²) in [6.45, 7) is 9.76. The Bertz CT molecular complexity index is 1360. The molecule has 192 valence electrons. The summed E-state index contributed by atoms with van der Waals surface area (Å²) < 4.78 is 11.5. The van der Waals surface area contributed by atoms with Gasteiger partial charge >= 0.3 is 6.09 Å². The van der Waals surface area contributed by atoms with Gasteiger partial charge in [-0.25, -0.2) is 9.78 Å². The Morgan fingerprint density at radius 1 is 1.00 bits per heavy atom. The van der Waals surface area contributed by atoms with Gasteiger partial charge in [-0.15, -0.1) is 0 Å². The van der Waals surface area contributed by atoms with Crippen molar-refractivity contribution in [3.05, 3.63) is 83.4 Å². The fourth-order valence-corrected chi connectivity index (χ4v) is 4.70. The lowest BCUT2D eigenvalue weighted by molar-refractivity contribution is 0.0205. The van der Waals surface area contributed by atoms with Crippen LogP contribution < -0.4 is 4.74 Å². The Morgan fingerprint density at radius 2 is 1.70 bits per heavy atom. The highest BCUT2D eigenvalue weighted by Crippen LogP contribution is 2.31. The van der Waals surface area contributed by atoms with E-state index >= 15 is 0 Å². The van der Waals surface area contributed by atoms with Gasteiger partial charge in [0.1, 0.15) is 23.8 Å². The number of nitrogens with zero attached hydrogens (tertiary/aromatic N) is 2. The molecule has 0 radical (unpaired) electrons. The number of fused-ring (bicyclic) bond motifs is 1. The Kier molecular flexibility index (Phi) is 6.92. The van der Waals surface area contributed by atoms with Crippen molar-refractivity contribution >= 4 is 17.1 Å². The number of aromatic nitrogens is 2. The number of ether oxygens (including phenoxy) is 2. The summed E-state index contributed by atoms with van der Waals surface area (Å²) in [5.74, 6) is 2.09. The number of aromatic amines is 1. The van der Waals surface area contributed by atoms with Gasteiger partial charge in [-0.2, -0.15) is 0 Å². The number of aryl methyl sites for hydroxylation is 1. The van der Waals surface area contributed by atoms with E-state index in [1.165, 1.54) is 11.1 Å². The molecule has 6 nitrogen and oxygen atoms in total. The number of rotatable bonds is 5. The number of benzene rings is 3. The van der Waals surface area contributed by atoms with Crippen LogP contribution in [0.1, 0.15) is 56.2 Å². The Morgan fingerprint density at radius 3 is 2.38 bits per heavy atom. The van der Waals surface area contributed by atoms with Crippen LogP contribution in [0.25, 0.3) is 22.4 Å². The summed E-state index contributed by atoms with van der Waals surface area (Å²) in [5.41, 5.74) is 6.20. The number of carbonyl (C=O) groups is 1. The molecule has 1 aliphatic rings. The molecule has 37 heavy (non-hydrogen) atoms. The number of likely N-dealkylation sites (tertiary alicyclic amines) is 1. The average Bonchev–Trinajstić information content (AvgIpc) is 3.31. The molecule has 1 aliphatic heterocycles. The van der Waals surface area contributed by atoms with Crippen molar-refractivity contribution in [3.63, 3.8) is 0 Å². The fourth-order valence-electron chi connectivity index (χ4n) is 4.70. The zero-order valence-electron chi connectivity index (χ0n) is 22.1. The van der Waals surface area contributed by atoms with E-state index in [0.29, 0.717) is 25.6 Å². The first-order valence-electron chi connectivity index (χ1n) is 13.0. The van der Waals surface area contributed by atoms with E-state index in [4.69, 9.17) is 14.5 Å². The van der Waals surface area contributed by atoms with Crippen LogP contribution in [0, 0.1) is 6.92 Å². The molecular formula is C31H35N3O3. The van der Waals surface area contributed by atoms with E-state index < -0.39 is 5.60 Å². The molecule has 1 amide bonds. The van der Waals surface area contributed by atoms with E-state index in [0.717, 1.165) is 46.6 Å². The molecule has 1 aromatic heterocycles. The number of nitrogens with one attached hydrogen (secondary N) is 1. The largest absolute Gasteiger partial charge is 0.489 e. The van der Waals surface area contributed by atoms with Gasteiger partial charge < -0.3 is 19.4 Å². The third-order valence-electron chi connectivity index (χ3n) is 6.78. The minimum atomic E-state index is -0.467. The molecule has 0 atom stereocenters. The molecule has 0 aliphatic carbocycles. The second-order valence-corrected chi connectivity index (χ2v) is 10.9. The first-order valence-corrected chi connectivity index (χ1v) is 13.0. The second-order valence-electron chi connectivity index (χ2n) is 10.9. The van der Waals surface area contributed by atoms with E-state index in [2.05, 4.69) is 54.4 Å². The van der Waals surface area contributed by atoms with Gasteiger partial charge in [0, 0.05) is 18.7 Å². The summed E-state index contributed by atoms with van der Waals surface area (Å²) in [6.07, 6.45) is 1.63. The van der Waals surface area contributed by atoms with Crippen molar-refractivity contribution in [2.45, 2.75) is 58.7 Å². The third-order valence-corrected chi connectivity index (χ3v) is 6.78. The molecule has 0 bridgehead atoms. The lowest BCUT2D eigenvalue weighted by atomic mass is 9.89. The highest BCUT2D eigenvalue weighted by atomic mass is 16.6. The number of carbonyl (C=O) groups excluding carboxylic acids is 1. The average molecular weight is 498 g/mol. The van der Waals surface area contributed by atoms with Gasteiger partial charge in [0.15, 0.2) is 0 Å². The molecule has 0 spiro atoms. The molecule has 0 saturated carbocycles. The number of imidazole rings is 1.